The summed E-state index contributed by atoms with van der Waals surface area (Å²) in [5.41, 5.74) is 0.933. The van der Waals surface area contributed by atoms with Crippen molar-refractivity contribution >= 4 is 22.5 Å². The molecule has 0 aromatic carbocycles. The molecule has 0 spiro atoms. The molecule has 7 nitrogen and oxygen atoms in total. The average molecular weight is 406 g/mol. The molecule has 1 aliphatic rings. The summed E-state index contributed by atoms with van der Waals surface area (Å²) >= 11 is 6.29. The van der Waals surface area contributed by atoms with Crippen LogP contribution in [0.1, 0.15) is 37.9 Å². The van der Waals surface area contributed by atoms with Crippen LogP contribution in [0.2, 0.25) is 5.15 Å². The van der Waals surface area contributed by atoms with Gasteiger partial charge in [-0.3, -0.25) is 4.68 Å². The van der Waals surface area contributed by atoms with Gasteiger partial charge in [0.25, 0.3) is 5.88 Å². The van der Waals surface area contributed by atoms with E-state index < -0.39 is 5.82 Å². The Kier molecular flexibility index (Phi) is 5.41. The molecule has 1 fully saturated rings. The van der Waals surface area contributed by atoms with Crippen LogP contribution in [-0.2, 0) is 6.54 Å². The Morgan fingerprint density at radius 2 is 2.04 bits per heavy atom. The van der Waals surface area contributed by atoms with E-state index in [2.05, 4.69) is 20.1 Å². The summed E-state index contributed by atoms with van der Waals surface area (Å²) in [5.74, 6) is -0.335. The highest BCUT2D eigenvalue weighted by Gasteiger charge is 2.25. The van der Waals surface area contributed by atoms with E-state index in [1.165, 1.54) is 6.42 Å². The molecule has 0 radical (unpaired) electrons. The van der Waals surface area contributed by atoms with Gasteiger partial charge >= 0.3 is 0 Å². The third-order valence-electron chi connectivity index (χ3n) is 4.92. The third-order valence-corrected chi connectivity index (χ3v) is 5.20. The number of nitrogens with zero attached hydrogens (tertiary/aromatic N) is 5. The van der Waals surface area contributed by atoms with Crippen molar-refractivity contribution in [2.24, 2.45) is 0 Å². The lowest BCUT2D eigenvalue weighted by molar-refractivity contribution is 0.141. The first kappa shape index (κ1) is 19.0. The van der Waals surface area contributed by atoms with Crippen molar-refractivity contribution < 1.29 is 14.2 Å². The molecular formula is C19H21ClFN5O2. The minimum absolute atomic E-state index is 0.0231. The number of hydrogen-bond acceptors (Lipinski definition) is 6. The molecule has 3 aromatic heterocycles. The number of aliphatic hydroxyl groups is 1. The highest BCUT2D eigenvalue weighted by atomic mass is 35.5. The molecule has 1 N–H and O–H groups in total. The summed E-state index contributed by atoms with van der Waals surface area (Å²) in [4.78, 5) is 12.5. The average Bonchev–Trinajstić information content (AvgIpc) is 3.05. The maximum absolute atomic E-state index is 15.3. The van der Waals surface area contributed by atoms with E-state index in [4.69, 9.17) is 16.3 Å². The van der Waals surface area contributed by atoms with Crippen LogP contribution in [0.15, 0.2) is 12.3 Å². The number of pyridine rings is 1. The van der Waals surface area contributed by atoms with Gasteiger partial charge in [-0.25, -0.2) is 9.97 Å². The van der Waals surface area contributed by atoms with Gasteiger partial charge in [-0.15, -0.1) is 0 Å². The van der Waals surface area contributed by atoms with Gasteiger partial charge in [-0.05, 0) is 38.7 Å². The van der Waals surface area contributed by atoms with Crippen LogP contribution in [0, 0.1) is 12.7 Å². The third kappa shape index (κ3) is 3.54. The minimum atomic E-state index is -0.661. The SMILES string of the molecule is Cc1nc(OC2CCCCC2)c(F)c(-c2nn(CCO)c3ccnc(Cl)c23)n1. The summed E-state index contributed by atoms with van der Waals surface area (Å²) < 4.78 is 22.8. The summed E-state index contributed by atoms with van der Waals surface area (Å²) in [6.45, 7) is 1.81. The van der Waals surface area contributed by atoms with Gasteiger partial charge in [0.15, 0.2) is 0 Å². The molecule has 0 unspecified atom stereocenters. The van der Waals surface area contributed by atoms with Crippen molar-refractivity contribution in [3.05, 3.63) is 29.1 Å². The highest BCUT2D eigenvalue weighted by Crippen LogP contribution is 2.35. The Balaban J connectivity index is 1.83. The molecule has 3 heterocycles. The number of fused-ring (bicyclic) bond motifs is 1. The topological polar surface area (TPSA) is 86.0 Å². The lowest BCUT2D eigenvalue weighted by atomic mass is 9.98. The standard InChI is InChI=1S/C19H21ClFN5O2/c1-11-23-17(15(21)19(24-11)28-12-5-3-2-4-6-12)16-14-13(7-8-22-18(14)20)26(25-16)9-10-27/h7-8,12,27H,2-6,9-10H2,1H3. The van der Waals surface area contributed by atoms with E-state index in [9.17, 15) is 5.11 Å². The van der Waals surface area contributed by atoms with Gasteiger partial charge in [0.2, 0.25) is 5.82 Å². The number of aromatic nitrogens is 5. The number of hydrogen-bond donors (Lipinski definition) is 1. The first-order valence-corrected chi connectivity index (χ1v) is 9.79. The summed E-state index contributed by atoms with van der Waals surface area (Å²) in [5, 5.41) is 14.5. The zero-order valence-electron chi connectivity index (χ0n) is 15.5. The number of rotatable bonds is 5. The fraction of sp³-hybridized carbons (Fsp3) is 0.474. The van der Waals surface area contributed by atoms with E-state index in [-0.39, 0.29) is 41.7 Å². The van der Waals surface area contributed by atoms with Crippen LogP contribution in [0.5, 0.6) is 5.88 Å². The highest BCUT2D eigenvalue weighted by molar-refractivity contribution is 6.35. The van der Waals surface area contributed by atoms with Crippen LogP contribution >= 0.6 is 11.6 Å². The lowest BCUT2D eigenvalue weighted by Gasteiger charge is -2.22. The molecule has 9 heteroatoms. The largest absolute Gasteiger partial charge is 0.472 e. The lowest BCUT2D eigenvalue weighted by Crippen LogP contribution is -2.21. The maximum atomic E-state index is 15.3. The van der Waals surface area contributed by atoms with Crippen molar-refractivity contribution in [3.63, 3.8) is 0 Å². The second kappa shape index (κ2) is 7.97. The molecule has 0 saturated heterocycles. The molecule has 0 atom stereocenters. The normalized spacial score (nSPS) is 15.3. The van der Waals surface area contributed by atoms with E-state index in [1.54, 1.807) is 23.9 Å². The van der Waals surface area contributed by atoms with Gasteiger partial charge in [0, 0.05) is 6.20 Å². The molecule has 0 bridgehead atoms. The molecule has 28 heavy (non-hydrogen) atoms. The fourth-order valence-corrected chi connectivity index (χ4v) is 3.87. The van der Waals surface area contributed by atoms with Crippen LogP contribution in [0.25, 0.3) is 22.3 Å². The molecule has 1 saturated carbocycles. The van der Waals surface area contributed by atoms with Crippen molar-refractivity contribution in [3.8, 4) is 17.3 Å². The Hall–Kier alpha value is -2.32. The molecular weight excluding hydrogens is 385 g/mol. The molecule has 0 aliphatic heterocycles. The quantitative estimate of drug-likeness (QED) is 0.651. The van der Waals surface area contributed by atoms with Crippen LogP contribution in [0.3, 0.4) is 0 Å². The van der Waals surface area contributed by atoms with E-state index in [1.807, 2.05) is 0 Å². The zero-order chi connectivity index (χ0) is 19.7. The van der Waals surface area contributed by atoms with Gasteiger partial charge in [0.1, 0.15) is 28.5 Å². The number of ether oxygens (including phenoxy) is 1. The van der Waals surface area contributed by atoms with Gasteiger partial charge in [-0.2, -0.15) is 14.5 Å². The van der Waals surface area contributed by atoms with Crippen LogP contribution in [-0.4, -0.2) is 42.5 Å². The monoisotopic (exact) mass is 405 g/mol. The van der Waals surface area contributed by atoms with Crippen molar-refractivity contribution in [1.29, 1.82) is 0 Å². The Morgan fingerprint density at radius 1 is 1.25 bits per heavy atom. The number of aliphatic hydroxyl groups excluding tert-OH is 1. The van der Waals surface area contributed by atoms with Gasteiger partial charge < -0.3 is 9.84 Å². The Morgan fingerprint density at radius 3 is 2.79 bits per heavy atom. The van der Waals surface area contributed by atoms with Gasteiger partial charge in [0.05, 0.1) is 24.1 Å². The number of aryl methyl sites for hydroxylation is 1. The smallest absolute Gasteiger partial charge is 0.254 e. The van der Waals surface area contributed by atoms with E-state index in [0.717, 1.165) is 25.7 Å². The summed E-state index contributed by atoms with van der Waals surface area (Å²) in [7, 11) is 0. The van der Waals surface area contributed by atoms with E-state index in [0.29, 0.717) is 16.7 Å². The fourth-order valence-electron chi connectivity index (χ4n) is 3.63. The molecule has 0 amide bonds. The predicted octanol–water partition coefficient (Wildman–Crippen LogP) is 3.69. The molecule has 1 aliphatic carbocycles. The molecule has 148 valence electrons. The summed E-state index contributed by atoms with van der Waals surface area (Å²) in [6.07, 6.45) is 6.60. The first-order valence-electron chi connectivity index (χ1n) is 9.41. The Labute approximate surface area is 166 Å². The van der Waals surface area contributed by atoms with E-state index >= 15 is 4.39 Å². The molecule has 4 rings (SSSR count). The second-order valence-electron chi connectivity index (χ2n) is 6.91. The minimum Gasteiger partial charge on any atom is -0.472 e. The first-order chi connectivity index (χ1) is 13.6. The van der Waals surface area contributed by atoms with Crippen molar-refractivity contribution in [2.75, 3.05) is 6.61 Å². The number of halogens is 2. The molecule has 3 aromatic rings. The summed E-state index contributed by atoms with van der Waals surface area (Å²) in [6, 6.07) is 1.72. The zero-order valence-corrected chi connectivity index (χ0v) is 16.3. The van der Waals surface area contributed by atoms with Gasteiger partial charge in [-0.1, -0.05) is 18.0 Å². The van der Waals surface area contributed by atoms with Crippen LogP contribution < -0.4 is 4.74 Å². The van der Waals surface area contributed by atoms with Crippen LogP contribution in [0.4, 0.5) is 4.39 Å². The maximum Gasteiger partial charge on any atom is 0.254 e. The van der Waals surface area contributed by atoms with Crippen molar-refractivity contribution in [2.45, 2.75) is 51.7 Å². The predicted molar refractivity (Wildman–Crippen MR) is 103 cm³/mol. The van der Waals surface area contributed by atoms with Crippen molar-refractivity contribution in [1.82, 2.24) is 24.7 Å². The second-order valence-corrected chi connectivity index (χ2v) is 7.27. The Bertz CT molecular complexity index is 1000.